The number of carbonyl (C=O) groups is 2. The van der Waals surface area contributed by atoms with Crippen LogP contribution in [0.3, 0.4) is 0 Å². The summed E-state index contributed by atoms with van der Waals surface area (Å²) in [4.78, 5) is 21.8. The van der Waals surface area contributed by atoms with Gasteiger partial charge in [0.15, 0.2) is 0 Å². The van der Waals surface area contributed by atoms with Gasteiger partial charge in [-0.3, -0.25) is 4.79 Å². The number of nitrogens with two attached hydrogens (primary N) is 1. The van der Waals surface area contributed by atoms with Gasteiger partial charge < -0.3 is 26.0 Å². The summed E-state index contributed by atoms with van der Waals surface area (Å²) in [6.07, 6.45) is -1.82. The summed E-state index contributed by atoms with van der Waals surface area (Å²) in [5.74, 6) is -1.29. The second kappa shape index (κ2) is 8.13. The lowest BCUT2D eigenvalue weighted by Gasteiger charge is -2.14. The van der Waals surface area contributed by atoms with Crippen LogP contribution < -0.4 is 11.1 Å². The number of aliphatic carboxylic acids is 1. The van der Waals surface area contributed by atoms with Gasteiger partial charge in [-0.05, 0) is 12.0 Å². The number of carboxylic acid groups (broad SMARTS) is 1. The minimum Gasteiger partial charge on any atom is -0.480 e. The van der Waals surface area contributed by atoms with Crippen LogP contribution in [0.25, 0.3) is 0 Å². The van der Waals surface area contributed by atoms with Crippen molar-refractivity contribution in [1.82, 2.24) is 5.32 Å². The van der Waals surface area contributed by atoms with Crippen LogP contribution in [0, 0.1) is 0 Å². The van der Waals surface area contributed by atoms with Crippen LogP contribution in [-0.2, 0) is 16.1 Å². The van der Waals surface area contributed by atoms with Crippen molar-refractivity contribution in [1.29, 1.82) is 0 Å². The Bertz CT molecular complexity index is 438. The first kappa shape index (κ1) is 15.9. The van der Waals surface area contributed by atoms with E-state index in [2.05, 4.69) is 5.32 Å². The monoisotopic (exact) mass is 282 g/mol. The number of ether oxygens (including phenoxy) is 1. The molecular formula is C13H18N2O5. The van der Waals surface area contributed by atoms with Gasteiger partial charge in [0.05, 0.1) is 6.10 Å². The number of carbonyl (C=O) groups excluding carboxylic acids is 1. The summed E-state index contributed by atoms with van der Waals surface area (Å²) in [6.45, 7) is 0.222. The van der Waals surface area contributed by atoms with Gasteiger partial charge in [0.25, 0.3) is 0 Å². The molecule has 0 bridgehead atoms. The average molecular weight is 282 g/mol. The third kappa shape index (κ3) is 5.68. The molecular weight excluding hydrogens is 264 g/mol. The fraction of sp³-hybridized carbons (Fsp3) is 0.385. The molecule has 1 aromatic carbocycles. The third-order valence-corrected chi connectivity index (χ3v) is 2.62. The average Bonchev–Trinajstić information content (AvgIpc) is 2.45. The molecule has 0 aliphatic carbocycles. The molecule has 7 heteroatoms. The van der Waals surface area contributed by atoms with Crippen molar-refractivity contribution in [2.24, 2.45) is 5.73 Å². The van der Waals surface area contributed by atoms with E-state index in [9.17, 15) is 14.7 Å². The van der Waals surface area contributed by atoms with Gasteiger partial charge in [0.2, 0.25) is 0 Å². The Balaban J connectivity index is 2.19. The van der Waals surface area contributed by atoms with Crippen molar-refractivity contribution < 1.29 is 24.5 Å². The first-order valence-corrected chi connectivity index (χ1v) is 6.11. The highest BCUT2D eigenvalue weighted by Gasteiger charge is 2.21. The molecule has 7 nitrogen and oxygen atoms in total. The second-order valence-corrected chi connectivity index (χ2v) is 4.21. The van der Waals surface area contributed by atoms with Crippen LogP contribution in [0.2, 0.25) is 0 Å². The topological polar surface area (TPSA) is 122 Å². The molecule has 20 heavy (non-hydrogen) atoms. The van der Waals surface area contributed by atoms with Crippen molar-refractivity contribution in [3.8, 4) is 0 Å². The first-order valence-electron chi connectivity index (χ1n) is 6.11. The lowest BCUT2D eigenvalue weighted by Crippen LogP contribution is -2.43. The summed E-state index contributed by atoms with van der Waals surface area (Å²) in [5.41, 5.74) is 6.08. The van der Waals surface area contributed by atoms with Crippen LogP contribution >= 0.6 is 0 Å². The number of nitrogens with one attached hydrogen (secondary N) is 1. The molecule has 0 fully saturated rings. The van der Waals surface area contributed by atoms with E-state index in [0.717, 1.165) is 5.56 Å². The molecule has 0 saturated heterocycles. The van der Waals surface area contributed by atoms with Crippen molar-refractivity contribution in [2.45, 2.75) is 25.2 Å². The highest BCUT2D eigenvalue weighted by Crippen LogP contribution is 2.01. The fourth-order valence-electron chi connectivity index (χ4n) is 1.44. The smallest absolute Gasteiger partial charge is 0.407 e. The van der Waals surface area contributed by atoms with E-state index < -0.39 is 24.2 Å². The number of amides is 1. The Hall–Kier alpha value is -2.12. The minimum absolute atomic E-state index is 0.0356. The molecule has 2 atom stereocenters. The molecule has 0 aliphatic heterocycles. The molecule has 110 valence electrons. The summed E-state index contributed by atoms with van der Waals surface area (Å²) in [5, 5.41) is 20.4. The zero-order chi connectivity index (χ0) is 15.0. The van der Waals surface area contributed by atoms with Gasteiger partial charge in [-0.25, -0.2) is 4.79 Å². The fourth-order valence-corrected chi connectivity index (χ4v) is 1.44. The maximum Gasteiger partial charge on any atom is 0.407 e. The Morgan fingerprint density at radius 3 is 2.55 bits per heavy atom. The lowest BCUT2D eigenvalue weighted by atomic mass is 10.1. The molecule has 0 spiro atoms. The van der Waals surface area contributed by atoms with Crippen LogP contribution in [0.15, 0.2) is 30.3 Å². The number of alkyl carbamates (subject to hydrolysis) is 1. The summed E-state index contributed by atoms with van der Waals surface area (Å²) in [6, 6.07) is 7.81. The first-order chi connectivity index (χ1) is 9.50. The number of rotatable bonds is 7. The van der Waals surface area contributed by atoms with E-state index in [-0.39, 0.29) is 19.6 Å². The number of aliphatic hydroxyl groups is 1. The van der Waals surface area contributed by atoms with E-state index in [1.165, 1.54) is 0 Å². The Labute approximate surface area is 116 Å². The minimum atomic E-state index is -1.36. The Morgan fingerprint density at radius 1 is 1.30 bits per heavy atom. The molecule has 0 unspecified atom stereocenters. The molecule has 0 heterocycles. The van der Waals surface area contributed by atoms with Crippen molar-refractivity contribution in [3.05, 3.63) is 35.9 Å². The van der Waals surface area contributed by atoms with Crippen molar-refractivity contribution in [3.63, 3.8) is 0 Å². The third-order valence-electron chi connectivity index (χ3n) is 2.62. The summed E-state index contributed by atoms with van der Waals surface area (Å²) < 4.78 is 4.94. The van der Waals surface area contributed by atoms with Gasteiger partial charge >= 0.3 is 12.1 Å². The van der Waals surface area contributed by atoms with E-state index in [0.29, 0.717) is 0 Å². The van der Waals surface area contributed by atoms with Crippen molar-refractivity contribution >= 4 is 12.1 Å². The highest BCUT2D eigenvalue weighted by molar-refractivity contribution is 5.73. The molecule has 0 saturated carbocycles. The SMILES string of the molecule is N[C@H](C(=O)O)[C@H](O)CCNC(=O)OCc1ccccc1. The van der Waals surface area contributed by atoms with Crippen LogP contribution in [0.1, 0.15) is 12.0 Å². The summed E-state index contributed by atoms with van der Waals surface area (Å²) >= 11 is 0. The lowest BCUT2D eigenvalue weighted by molar-refractivity contribution is -0.141. The van der Waals surface area contributed by atoms with E-state index in [1.807, 2.05) is 30.3 Å². The molecule has 1 rings (SSSR count). The molecule has 1 amide bonds. The van der Waals surface area contributed by atoms with Gasteiger partial charge in [0.1, 0.15) is 12.6 Å². The standard InChI is InChI=1S/C13H18N2O5/c14-11(12(17)18)10(16)6-7-15-13(19)20-8-9-4-2-1-3-5-9/h1-5,10-11,16H,6-8,14H2,(H,15,19)(H,17,18)/t10-,11+/m1/s1. The second-order valence-electron chi connectivity index (χ2n) is 4.21. The molecule has 0 aliphatic rings. The number of benzene rings is 1. The zero-order valence-electron chi connectivity index (χ0n) is 10.9. The van der Waals surface area contributed by atoms with E-state index >= 15 is 0 Å². The van der Waals surface area contributed by atoms with Gasteiger partial charge in [-0.1, -0.05) is 30.3 Å². The van der Waals surface area contributed by atoms with Crippen molar-refractivity contribution in [2.75, 3.05) is 6.54 Å². The quantitative estimate of drug-likeness (QED) is 0.561. The number of hydrogen-bond donors (Lipinski definition) is 4. The molecule has 0 aromatic heterocycles. The van der Waals surface area contributed by atoms with Gasteiger partial charge in [-0.2, -0.15) is 0 Å². The number of hydrogen-bond acceptors (Lipinski definition) is 5. The molecule has 1 aromatic rings. The zero-order valence-corrected chi connectivity index (χ0v) is 10.9. The Kier molecular flexibility index (Phi) is 6.48. The Morgan fingerprint density at radius 2 is 1.95 bits per heavy atom. The summed E-state index contributed by atoms with van der Waals surface area (Å²) in [7, 11) is 0. The normalized spacial score (nSPS) is 13.3. The highest BCUT2D eigenvalue weighted by atomic mass is 16.5. The van der Waals surface area contributed by atoms with Gasteiger partial charge in [-0.15, -0.1) is 0 Å². The van der Waals surface area contributed by atoms with Crippen LogP contribution in [-0.4, -0.2) is 41.0 Å². The van der Waals surface area contributed by atoms with E-state index in [4.69, 9.17) is 15.6 Å². The van der Waals surface area contributed by atoms with Crippen LogP contribution in [0.5, 0.6) is 0 Å². The molecule has 5 N–H and O–H groups in total. The van der Waals surface area contributed by atoms with E-state index in [1.54, 1.807) is 0 Å². The predicted octanol–water partition coefficient (Wildman–Crippen LogP) is 0.0757. The van der Waals surface area contributed by atoms with Gasteiger partial charge in [0, 0.05) is 6.54 Å². The predicted molar refractivity (Wildman–Crippen MR) is 70.9 cm³/mol. The maximum atomic E-state index is 11.3. The maximum absolute atomic E-state index is 11.3. The van der Waals surface area contributed by atoms with Crippen LogP contribution in [0.4, 0.5) is 4.79 Å². The number of carboxylic acids is 1. The molecule has 0 radical (unpaired) electrons. The largest absolute Gasteiger partial charge is 0.480 e. The number of aliphatic hydroxyl groups excluding tert-OH is 1.